The molecule has 0 unspecified atom stereocenters. The molecule has 1 N–H and O–H groups in total. The summed E-state index contributed by atoms with van der Waals surface area (Å²) in [5.41, 5.74) is -2.05. The minimum atomic E-state index is -2.05. The number of unbranched alkanes of at least 4 members (excludes halogenated alkanes) is 9. The summed E-state index contributed by atoms with van der Waals surface area (Å²) in [6.07, 6.45) is 12.1. The predicted molar refractivity (Wildman–Crippen MR) is 107 cm³/mol. The summed E-state index contributed by atoms with van der Waals surface area (Å²) in [5, 5.41) is 11.0. The first-order chi connectivity index (χ1) is 13.3. The normalized spacial score (nSPS) is 20.1. The topological polar surface area (TPSA) is 89.9 Å². The number of rotatable bonds is 14. The third-order valence-electron chi connectivity index (χ3n) is 5.12. The lowest BCUT2D eigenvalue weighted by Crippen LogP contribution is -2.56. The Morgan fingerprint density at radius 1 is 0.786 bits per heavy atom. The molecule has 6 nitrogen and oxygen atoms in total. The van der Waals surface area contributed by atoms with E-state index in [1.54, 1.807) is 0 Å². The number of carbonyl (C=O) groups is 3. The van der Waals surface area contributed by atoms with Crippen molar-refractivity contribution >= 4 is 17.7 Å². The summed E-state index contributed by atoms with van der Waals surface area (Å²) in [5.74, 6) is -1.68. The van der Waals surface area contributed by atoms with Gasteiger partial charge in [-0.15, -0.1) is 0 Å². The van der Waals surface area contributed by atoms with Gasteiger partial charge in [-0.2, -0.15) is 0 Å². The van der Waals surface area contributed by atoms with Crippen LogP contribution in [0.25, 0.3) is 0 Å². The summed E-state index contributed by atoms with van der Waals surface area (Å²) < 4.78 is 10.1. The number of esters is 2. The van der Waals surface area contributed by atoms with Gasteiger partial charge in [-0.1, -0.05) is 64.7 Å². The van der Waals surface area contributed by atoms with Gasteiger partial charge >= 0.3 is 11.9 Å². The summed E-state index contributed by atoms with van der Waals surface area (Å²) in [6, 6.07) is 0. The third-order valence-corrected chi connectivity index (χ3v) is 5.12. The van der Waals surface area contributed by atoms with Crippen LogP contribution in [0.2, 0.25) is 0 Å². The molecule has 0 heterocycles. The second-order valence-corrected chi connectivity index (χ2v) is 7.63. The Labute approximate surface area is 168 Å². The molecule has 6 heteroatoms. The average molecular weight is 397 g/mol. The first kappa shape index (κ1) is 24.3. The minimum absolute atomic E-state index is 0.157. The van der Waals surface area contributed by atoms with Crippen LogP contribution in [0.5, 0.6) is 0 Å². The number of hydrogen-bond acceptors (Lipinski definition) is 6. The number of Topliss-reactive ketones (excluding diaryl/α,β-unsaturated/α-hetero) is 1. The second kappa shape index (κ2) is 12.7. The molecule has 0 aromatic heterocycles. The molecule has 0 saturated carbocycles. The molecular formula is C22H36O6. The highest BCUT2D eigenvalue weighted by Gasteiger charge is 2.55. The van der Waals surface area contributed by atoms with E-state index in [0.717, 1.165) is 19.3 Å². The smallest absolute Gasteiger partial charge is 0.303 e. The maximum Gasteiger partial charge on any atom is 0.303 e. The van der Waals surface area contributed by atoms with E-state index >= 15 is 0 Å². The molecule has 0 bridgehead atoms. The van der Waals surface area contributed by atoms with Crippen molar-refractivity contribution in [3.63, 3.8) is 0 Å². The van der Waals surface area contributed by atoms with Gasteiger partial charge in [0.05, 0.1) is 0 Å². The fourth-order valence-electron chi connectivity index (χ4n) is 3.56. The quantitative estimate of drug-likeness (QED) is 0.271. The SMILES string of the molecule is CCCCCCCCCCCCC(=O)C1(O)[C@H](OC(C)=O)C=C[C@H]1OC(C)=O. The van der Waals surface area contributed by atoms with E-state index in [1.165, 1.54) is 64.5 Å². The van der Waals surface area contributed by atoms with Gasteiger partial charge in [0.2, 0.25) is 5.60 Å². The van der Waals surface area contributed by atoms with Crippen molar-refractivity contribution in [3.8, 4) is 0 Å². The van der Waals surface area contributed by atoms with Crippen LogP contribution in [-0.2, 0) is 23.9 Å². The van der Waals surface area contributed by atoms with Crippen LogP contribution in [0.3, 0.4) is 0 Å². The first-order valence-electron chi connectivity index (χ1n) is 10.6. The molecule has 1 rings (SSSR count). The Hall–Kier alpha value is -1.69. The van der Waals surface area contributed by atoms with Crippen LogP contribution in [0.4, 0.5) is 0 Å². The van der Waals surface area contributed by atoms with Gasteiger partial charge in [-0.25, -0.2) is 0 Å². The maximum absolute atomic E-state index is 12.7. The molecule has 0 saturated heterocycles. The first-order valence-corrected chi connectivity index (χ1v) is 10.6. The summed E-state index contributed by atoms with van der Waals surface area (Å²) in [4.78, 5) is 35.3. The zero-order chi connectivity index (χ0) is 21.0. The van der Waals surface area contributed by atoms with Gasteiger partial charge in [0.25, 0.3) is 0 Å². The zero-order valence-corrected chi connectivity index (χ0v) is 17.6. The van der Waals surface area contributed by atoms with Crippen LogP contribution in [0.15, 0.2) is 12.2 Å². The lowest BCUT2D eigenvalue weighted by molar-refractivity contribution is -0.180. The van der Waals surface area contributed by atoms with E-state index in [0.29, 0.717) is 6.42 Å². The highest BCUT2D eigenvalue weighted by Crippen LogP contribution is 2.32. The minimum Gasteiger partial charge on any atom is -0.455 e. The van der Waals surface area contributed by atoms with E-state index in [-0.39, 0.29) is 6.42 Å². The molecule has 0 aromatic carbocycles. The van der Waals surface area contributed by atoms with Gasteiger partial charge in [-0.3, -0.25) is 14.4 Å². The summed E-state index contributed by atoms with van der Waals surface area (Å²) >= 11 is 0. The van der Waals surface area contributed by atoms with Crippen molar-refractivity contribution in [3.05, 3.63) is 12.2 Å². The van der Waals surface area contributed by atoms with Crippen molar-refractivity contribution in [2.45, 2.75) is 109 Å². The molecule has 28 heavy (non-hydrogen) atoms. The lowest BCUT2D eigenvalue weighted by atomic mass is 9.87. The molecule has 0 amide bonds. The Morgan fingerprint density at radius 3 is 1.57 bits per heavy atom. The van der Waals surface area contributed by atoms with E-state index < -0.39 is 35.5 Å². The van der Waals surface area contributed by atoms with Crippen LogP contribution in [-0.4, -0.2) is 40.6 Å². The van der Waals surface area contributed by atoms with Crippen molar-refractivity contribution < 1.29 is 29.0 Å². The Balaban J connectivity index is 2.41. The highest BCUT2D eigenvalue weighted by molar-refractivity contribution is 5.90. The van der Waals surface area contributed by atoms with E-state index in [4.69, 9.17) is 9.47 Å². The molecule has 0 aromatic rings. The molecule has 0 fully saturated rings. The third kappa shape index (κ3) is 7.74. The molecule has 1 aliphatic rings. The predicted octanol–water partition coefficient (Wildman–Crippen LogP) is 4.03. The number of hydrogen-bond donors (Lipinski definition) is 1. The van der Waals surface area contributed by atoms with Gasteiger partial charge < -0.3 is 14.6 Å². The summed E-state index contributed by atoms with van der Waals surface area (Å²) in [7, 11) is 0. The van der Waals surface area contributed by atoms with Gasteiger partial charge in [-0.05, 0) is 18.6 Å². The number of ketones is 1. The zero-order valence-electron chi connectivity index (χ0n) is 17.6. The van der Waals surface area contributed by atoms with Crippen LogP contribution in [0, 0.1) is 0 Å². The van der Waals surface area contributed by atoms with Crippen LogP contribution < -0.4 is 0 Å². The van der Waals surface area contributed by atoms with Crippen molar-refractivity contribution in [2.24, 2.45) is 0 Å². The van der Waals surface area contributed by atoms with Gasteiger partial charge in [0.1, 0.15) is 0 Å². The van der Waals surface area contributed by atoms with Crippen LogP contribution >= 0.6 is 0 Å². The Bertz CT molecular complexity index is 513. The monoisotopic (exact) mass is 396 g/mol. The fourth-order valence-corrected chi connectivity index (χ4v) is 3.56. The Kier molecular flexibility index (Phi) is 11.0. The molecule has 2 atom stereocenters. The molecule has 0 radical (unpaired) electrons. The number of aliphatic hydroxyl groups is 1. The van der Waals surface area contributed by atoms with E-state index in [9.17, 15) is 19.5 Å². The molecule has 160 valence electrons. The van der Waals surface area contributed by atoms with Gasteiger partial charge in [0.15, 0.2) is 18.0 Å². The average Bonchev–Trinajstić information content (AvgIpc) is 2.92. The Morgan fingerprint density at radius 2 is 1.18 bits per heavy atom. The van der Waals surface area contributed by atoms with E-state index in [2.05, 4.69) is 6.92 Å². The molecule has 1 aliphatic carbocycles. The standard InChI is InChI=1S/C22H36O6/c1-4-5-6-7-8-9-10-11-12-13-14-19(25)22(26)20(27-17(2)23)15-16-21(22)28-18(3)24/h15-16,20-21,26H,4-14H2,1-3H3/t20-,21-/m1/s1. The second-order valence-electron chi connectivity index (χ2n) is 7.63. The molecule has 0 spiro atoms. The van der Waals surface area contributed by atoms with Crippen molar-refractivity contribution in [2.75, 3.05) is 0 Å². The highest BCUT2D eigenvalue weighted by atomic mass is 16.6. The summed E-state index contributed by atoms with van der Waals surface area (Å²) in [6.45, 7) is 4.63. The fraction of sp³-hybridized carbons (Fsp3) is 0.773. The van der Waals surface area contributed by atoms with Crippen molar-refractivity contribution in [1.82, 2.24) is 0 Å². The van der Waals surface area contributed by atoms with Gasteiger partial charge in [0, 0.05) is 20.3 Å². The van der Waals surface area contributed by atoms with Crippen LogP contribution in [0.1, 0.15) is 91.4 Å². The molecular weight excluding hydrogens is 360 g/mol. The van der Waals surface area contributed by atoms with Crippen molar-refractivity contribution in [1.29, 1.82) is 0 Å². The number of ether oxygens (including phenoxy) is 2. The van der Waals surface area contributed by atoms with E-state index in [1.807, 2.05) is 0 Å². The maximum atomic E-state index is 12.7. The largest absolute Gasteiger partial charge is 0.455 e. The lowest BCUT2D eigenvalue weighted by Gasteiger charge is -2.32. The molecule has 0 aliphatic heterocycles. The number of carbonyl (C=O) groups excluding carboxylic acids is 3.